The summed E-state index contributed by atoms with van der Waals surface area (Å²) in [6.45, 7) is 3.69. The van der Waals surface area contributed by atoms with Crippen LogP contribution in [-0.4, -0.2) is 15.5 Å². The number of hydrogen-bond acceptors (Lipinski definition) is 3. The Kier molecular flexibility index (Phi) is 3.25. The summed E-state index contributed by atoms with van der Waals surface area (Å²) in [6, 6.07) is 5.09. The molecule has 0 saturated carbocycles. The summed E-state index contributed by atoms with van der Waals surface area (Å²) in [7, 11) is -2.26. The van der Waals surface area contributed by atoms with Gasteiger partial charge in [-0.1, -0.05) is 11.0 Å². The first-order valence-electron chi connectivity index (χ1n) is 4.09. The SMILES string of the molecule is CONS(=O)(=O)c1cc(C)cc(C)c1. The van der Waals surface area contributed by atoms with Crippen molar-refractivity contribution in [1.29, 1.82) is 0 Å². The zero-order valence-electron chi connectivity index (χ0n) is 8.37. The van der Waals surface area contributed by atoms with Crippen LogP contribution in [-0.2, 0) is 14.9 Å². The molecule has 4 nitrogen and oxygen atoms in total. The van der Waals surface area contributed by atoms with Gasteiger partial charge in [-0.2, -0.15) is 0 Å². The van der Waals surface area contributed by atoms with E-state index in [0.717, 1.165) is 11.1 Å². The molecule has 1 aromatic rings. The molecule has 1 N–H and O–H groups in total. The van der Waals surface area contributed by atoms with Gasteiger partial charge >= 0.3 is 0 Å². The van der Waals surface area contributed by atoms with Crippen molar-refractivity contribution in [3.05, 3.63) is 29.3 Å². The largest absolute Gasteiger partial charge is 0.290 e. The lowest BCUT2D eigenvalue weighted by Gasteiger charge is -2.06. The Morgan fingerprint density at radius 3 is 2.07 bits per heavy atom. The van der Waals surface area contributed by atoms with Gasteiger partial charge in [0.05, 0.1) is 12.0 Å². The van der Waals surface area contributed by atoms with Crippen LogP contribution in [0.25, 0.3) is 0 Å². The molecule has 5 heteroatoms. The third kappa shape index (κ3) is 2.54. The lowest BCUT2D eigenvalue weighted by Crippen LogP contribution is -2.22. The van der Waals surface area contributed by atoms with Gasteiger partial charge in [0.2, 0.25) is 0 Å². The van der Waals surface area contributed by atoms with Crippen molar-refractivity contribution in [2.45, 2.75) is 18.7 Å². The summed E-state index contributed by atoms with van der Waals surface area (Å²) >= 11 is 0. The van der Waals surface area contributed by atoms with Gasteiger partial charge in [-0.3, -0.25) is 4.84 Å². The molecule has 0 spiro atoms. The summed E-state index contributed by atoms with van der Waals surface area (Å²) < 4.78 is 23.0. The third-order valence-electron chi connectivity index (χ3n) is 1.70. The Balaban J connectivity index is 3.19. The molecule has 0 unspecified atom stereocenters. The fourth-order valence-corrected chi connectivity index (χ4v) is 2.24. The van der Waals surface area contributed by atoms with Crippen molar-refractivity contribution in [2.75, 3.05) is 7.11 Å². The van der Waals surface area contributed by atoms with E-state index in [1.165, 1.54) is 7.11 Å². The van der Waals surface area contributed by atoms with E-state index in [1.54, 1.807) is 12.1 Å². The summed E-state index contributed by atoms with van der Waals surface area (Å²) in [5, 5.41) is 0. The monoisotopic (exact) mass is 215 g/mol. The van der Waals surface area contributed by atoms with Gasteiger partial charge in [-0.25, -0.2) is 8.42 Å². The molecule has 0 bridgehead atoms. The number of sulfonamides is 1. The normalized spacial score (nSPS) is 11.6. The minimum Gasteiger partial charge on any atom is -0.290 e. The zero-order valence-corrected chi connectivity index (χ0v) is 9.18. The number of aryl methyl sites for hydroxylation is 2. The molecule has 0 fully saturated rings. The molecule has 0 amide bonds. The maximum absolute atomic E-state index is 11.5. The zero-order chi connectivity index (χ0) is 10.8. The van der Waals surface area contributed by atoms with E-state index >= 15 is 0 Å². The Morgan fingerprint density at radius 2 is 1.64 bits per heavy atom. The van der Waals surface area contributed by atoms with Crippen LogP contribution in [0.2, 0.25) is 0 Å². The highest BCUT2D eigenvalue weighted by Crippen LogP contribution is 2.13. The lowest BCUT2D eigenvalue weighted by atomic mass is 10.2. The van der Waals surface area contributed by atoms with Crippen molar-refractivity contribution >= 4 is 10.0 Å². The molecule has 14 heavy (non-hydrogen) atoms. The van der Waals surface area contributed by atoms with Gasteiger partial charge in [-0.15, -0.1) is 0 Å². The predicted octanol–water partition coefficient (Wildman–Crippen LogP) is 1.14. The summed E-state index contributed by atoms with van der Waals surface area (Å²) in [5.41, 5.74) is 1.81. The topological polar surface area (TPSA) is 55.4 Å². The number of hydrogen-bond donors (Lipinski definition) is 1. The molecule has 0 aliphatic carbocycles. The van der Waals surface area contributed by atoms with E-state index < -0.39 is 10.0 Å². The average molecular weight is 215 g/mol. The molecular formula is C9H13NO3S. The van der Waals surface area contributed by atoms with Crippen molar-refractivity contribution in [2.24, 2.45) is 0 Å². The van der Waals surface area contributed by atoms with E-state index in [-0.39, 0.29) is 4.90 Å². The van der Waals surface area contributed by atoms with E-state index in [0.29, 0.717) is 0 Å². The Morgan fingerprint density at radius 1 is 1.14 bits per heavy atom. The van der Waals surface area contributed by atoms with E-state index in [9.17, 15) is 8.42 Å². The van der Waals surface area contributed by atoms with Crippen molar-refractivity contribution < 1.29 is 13.3 Å². The number of benzene rings is 1. The van der Waals surface area contributed by atoms with Crippen molar-refractivity contribution in [1.82, 2.24) is 4.89 Å². The molecule has 0 saturated heterocycles. The van der Waals surface area contributed by atoms with Crippen LogP contribution >= 0.6 is 0 Å². The van der Waals surface area contributed by atoms with Crippen LogP contribution in [0.15, 0.2) is 23.1 Å². The molecular weight excluding hydrogens is 202 g/mol. The molecule has 0 aliphatic heterocycles. The summed E-state index contributed by atoms with van der Waals surface area (Å²) in [5.74, 6) is 0. The van der Waals surface area contributed by atoms with Gasteiger partial charge < -0.3 is 0 Å². The maximum atomic E-state index is 11.5. The van der Waals surface area contributed by atoms with Crippen LogP contribution < -0.4 is 4.89 Å². The van der Waals surface area contributed by atoms with Gasteiger partial charge in [0.25, 0.3) is 10.0 Å². The summed E-state index contributed by atoms with van der Waals surface area (Å²) in [6.07, 6.45) is 0. The molecule has 0 atom stereocenters. The standard InChI is InChI=1S/C9H13NO3S/c1-7-4-8(2)6-9(5-7)14(11,12)10-13-3/h4-6,10H,1-3H3. The second kappa shape index (κ2) is 4.08. The third-order valence-corrected chi connectivity index (χ3v) is 2.94. The quantitative estimate of drug-likeness (QED) is 0.769. The van der Waals surface area contributed by atoms with Crippen LogP contribution in [0.3, 0.4) is 0 Å². The average Bonchev–Trinajstić information content (AvgIpc) is 2.02. The molecule has 0 aliphatic rings. The van der Waals surface area contributed by atoms with Gasteiger partial charge in [0, 0.05) is 0 Å². The molecule has 0 heterocycles. The molecule has 0 radical (unpaired) electrons. The number of nitrogens with one attached hydrogen (secondary N) is 1. The highest BCUT2D eigenvalue weighted by molar-refractivity contribution is 7.89. The minimum absolute atomic E-state index is 0.219. The molecule has 1 rings (SSSR count). The molecule has 0 aromatic heterocycles. The second-order valence-electron chi connectivity index (χ2n) is 3.11. The first-order valence-corrected chi connectivity index (χ1v) is 5.57. The highest BCUT2D eigenvalue weighted by Gasteiger charge is 2.13. The predicted molar refractivity (Wildman–Crippen MR) is 53.2 cm³/mol. The van der Waals surface area contributed by atoms with E-state index in [2.05, 4.69) is 4.84 Å². The van der Waals surface area contributed by atoms with Crippen LogP contribution in [0, 0.1) is 13.8 Å². The van der Waals surface area contributed by atoms with Crippen LogP contribution in [0.1, 0.15) is 11.1 Å². The highest BCUT2D eigenvalue weighted by atomic mass is 32.2. The van der Waals surface area contributed by atoms with Gasteiger partial charge in [0.1, 0.15) is 0 Å². The maximum Gasteiger partial charge on any atom is 0.262 e. The second-order valence-corrected chi connectivity index (χ2v) is 4.76. The summed E-state index contributed by atoms with van der Waals surface area (Å²) in [4.78, 5) is 6.59. The number of rotatable bonds is 3. The Labute approximate surface area is 83.9 Å². The first kappa shape index (κ1) is 11.2. The van der Waals surface area contributed by atoms with Crippen LogP contribution in [0.5, 0.6) is 0 Å². The van der Waals surface area contributed by atoms with Gasteiger partial charge in [-0.05, 0) is 37.1 Å². The van der Waals surface area contributed by atoms with Crippen molar-refractivity contribution in [3.8, 4) is 0 Å². The molecule has 1 aromatic carbocycles. The van der Waals surface area contributed by atoms with Crippen LogP contribution in [0.4, 0.5) is 0 Å². The van der Waals surface area contributed by atoms with E-state index in [4.69, 9.17) is 0 Å². The van der Waals surface area contributed by atoms with Crippen molar-refractivity contribution in [3.63, 3.8) is 0 Å². The fraction of sp³-hybridized carbons (Fsp3) is 0.333. The Bertz CT molecular complexity index is 405. The van der Waals surface area contributed by atoms with Gasteiger partial charge in [0.15, 0.2) is 0 Å². The first-order chi connectivity index (χ1) is 6.45. The minimum atomic E-state index is -3.53. The Hall–Kier alpha value is -0.910. The lowest BCUT2D eigenvalue weighted by molar-refractivity contribution is 0.153. The smallest absolute Gasteiger partial charge is 0.262 e. The van der Waals surface area contributed by atoms with E-state index in [1.807, 2.05) is 24.8 Å². The molecule has 78 valence electrons. The fourth-order valence-electron chi connectivity index (χ4n) is 1.25.